The predicted octanol–water partition coefficient (Wildman–Crippen LogP) is 3.31. The van der Waals surface area contributed by atoms with E-state index in [-0.39, 0.29) is 12.6 Å². The normalized spacial score (nSPS) is 22.5. The van der Waals surface area contributed by atoms with Crippen LogP contribution in [0.3, 0.4) is 0 Å². The van der Waals surface area contributed by atoms with E-state index in [2.05, 4.69) is 16.4 Å². The summed E-state index contributed by atoms with van der Waals surface area (Å²) in [4.78, 5) is 4.24. The van der Waals surface area contributed by atoms with Gasteiger partial charge in [0.15, 0.2) is 0 Å². The molecule has 0 spiro atoms. The summed E-state index contributed by atoms with van der Waals surface area (Å²) in [7, 11) is 1.61. The van der Waals surface area contributed by atoms with Crippen molar-refractivity contribution in [2.45, 2.75) is 57.8 Å². The second kappa shape index (κ2) is 11.7. The van der Waals surface area contributed by atoms with Crippen LogP contribution in [0.25, 0.3) is 0 Å². The number of aliphatic hydroxyl groups excluding tert-OH is 1. The zero-order chi connectivity index (χ0) is 19.6. The van der Waals surface area contributed by atoms with E-state index < -0.39 is 6.17 Å². The summed E-state index contributed by atoms with van der Waals surface area (Å²) in [6, 6.07) is 0. The van der Waals surface area contributed by atoms with Crippen LogP contribution in [-0.4, -0.2) is 73.8 Å². The van der Waals surface area contributed by atoms with Crippen molar-refractivity contribution in [3.05, 3.63) is 24.1 Å². The number of methoxy groups -OCH3 is 1. The Hall–Kier alpha value is -1.11. The third-order valence-electron chi connectivity index (χ3n) is 5.66. The lowest BCUT2D eigenvalue weighted by Crippen LogP contribution is -2.53. The molecule has 0 aromatic heterocycles. The molecule has 5 nitrogen and oxygen atoms in total. The van der Waals surface area contributed by atoms with Gasteiger partial charge in [0.25, 0.3) is 0 Å². The highest BCUT2D eigenvalue weighted by atomic mass is 19.1. The molecule has 0 bridgehead atoms. The Labute approximate surface area is 163 Å². The Morgan fingerprint density at radius 3 is 2.48 bits per heavy atom. The van der Waals surface area contributed by atoms with Gasteiger partial charge < -0.3 is 19.5 Å². The lowest BCUT2D eigenvalue weighted by Gasteiger charge is -2.42. The molecule has 0 amide bonds. The van der Waals surface area contributed by atoms with Crippen molar-refractivity contribution in [1.82, 2.24) is 9.80 Å². The van der Waals surface area contributed by atoms with Crippen molar-refractivity contribution in [3.8, 4) is 0 Å². The number of hydrogen-bond acceptors (Lipinski definition) is 5. The van der Waals surface area contributed by atoms with Gasteiger partial charge in [0.1, 0.15) is 12.4 Å². The maximum Gasteiger partial charge on any atom is 0.146 e. The SMILES string of the molecule is C=C(CC(F)/C(=C\COC)N1CCN(C(O)C2CCCCC2)CC1)OCC. The molecule has 1 aliphatic carbocycles. The minimum atomic E-state index is -1.16. The highest BCUT2D eigenvalue weighted by Crippen LogP contribution is 2.29. The van der Waals surface area contributed by atoms with Crippen LogP contribution in [0.4, 0.5) is 4.39 Å². The minimum Gasteiger partial charge on any atom is -0.499 e. The molecule has 2 unspecified atom stereocenters. The summed E-state index contributed by atoms with van der Waals surface area (Å²) >= 11 is 0. The van der Waals surface area contributed by atoms with Crippen molar-refractivity contribution >= 4 is 0 Å². The summed E-state index contributed by atoms with van der Waals surface area (Å²) in [6.45, 7) is 9.47. The fourth-order valence-corrected chi connectivity index (χ4v) is 4.17. The number of hydrogen-bond donors (Lipinski definition) is 1. The summed E-state index contributed by atoms with van der Waals surface area (Å²) in [5, 5.41) is 10.7. The quantitative estimate of drug-likeness (QED) is 0.586. The molecule has 1 saturated heterocycles. The lowest BCUT2D eigenvalue weighted by atomic mass is 9.87. The van der Waals surface area contributed by atoms with Crippen LogP contribution in [-0.2, 0) is 9.47 Å². The lowest BCUT2D eigenvalue weighted by molar-refractivity contribution is -0.0674. The maximum absolute atomic E-state index is 14.9. The van der Waals surface area contributed by atoms with Gasteiger partial charge in [-0.1, -0.05) is 25.8 Å². The van der Waals surface area contributed by atoms with Crippen LogP contribution in [0.5, 0.6) is 0 Å². The highest BCUT2D eigenvalue weighted by Gasteiger charge is 2.31. The number of halogens is 1. The molecule has 1 saturated carbocycles. The summed E-state index contributed by atoms with van der Waals surface area (Å²) < 4.78 is 25.4. The number of alkyl halides is 1. The molecule has 2 rings (SSSR count). The molecule has 0 aromatic rings. The second-order valence-electron chi connectivity index (χ2n) is 7.56. The van der Waals surface area contributed by atoms with Gasteiger partial charge in [0.05, 0.1) is 19.0 Å². The van der Waals surface area contributed by atoms with Crippen molar-refractivity contribution in [2.24, 2.45) is 5.92 Å². The number of rotatable bonds is 10. The van der Waals surface area contributed by atoms with Crippen LogP contribution in [0.15, 0.2) is 24.1 Å². The molecular weight excluding hydrogens is 347 g/mol. The highest BCUT2D eigenvalue weighted by molar-refractivity contribution is 5.11. The van der Waals surface area contributed by atoms with Crippen molar-refractivity contribution in [1.29, 1.82) is 0 Å². The third-order valence-corrected chi connectivity index (χ3v) is 5.66. The first-order valence-corrected chi connectivity index (χ1v) is 10.4. The van der Waals surface area contributed by atoms with E-state index >= 15 is 0 Å². The van der Waals surface area contributed by atoms with Crippen molar-refractivity contribution in [3.63, 3.8) is 0 Å². The minimum absolute atomic E-state index is 0.161. The summed E-state index contributed by atoms with van der Waals surface area (Å²) in [5.41, 5.74) is 0.643. The smallest absolute Gasteiger partial charge is 0.146 e. The summed E-state index contributed by atoms with van der Waals surface area (Å²) in [6.07, 6.45) is 6.42. The second-order valence-corrected chi connectivity index (χ2v) is 7.56. The van der Waals surface area contributed by atoms with Gasteiger partial charge >= 0.3 is 0 Å². The van der Waals surface area contributed by atoms with Crippen molar-refractivity contribution in [2.75, 3.05) is 46.5 Å². The zero-order valence-corrected chi connectivity index (χ0v) is 17.0. The molecule has 1 N–H and O–H groups in total. The first-order chi connectivity index (χ1) is 13.1. The number of ether oxygens (including phenoxy) is 2. The fourth-order valence-electron chi connectivity index (χ4n) is 4.17. The van der Waals surface area contributed by atoms with Crippen LogP contribution in [0, 0.1) is 5.92 Å². The maximum atomic E-state index is 14.9. The molecule has 1 aliphatic heterocycles. The molecule has 6 heteroatoms. The number of aliphatic hydroxyl groups is 1. The van der Waals surface area contributed by atoms with E-state index in [1.165, 1.54) is 19.3 Å². The van der Waals surface area contributed by atoms with Gasteiger partial charge in [0.2, 0.25) is 0 Å². The third kappa shape index (κ3) is 6.77. The monoisotopic (exact) mass is 384 g/mol. The van der Waals surface area contributed by atoms with Crippen LogP contribution >= 0.6 is 0 Å². The Balaban J connectivity index is 1.91. The van der Waals surface area contributed by atoms with Gasteiger partial charge in [-0.15, -0.1) is 0 Å². The molecule has 2 fully saturated rings. The Morgan fingerprint density at radius 2 is 1.89 bits per heavy atom. The van der Waals surface area contributed by atoms with Gasteiger partial charge in [0, 0.05) is 45.4 Å². The number of nitrogens with zero attached hydrogens (tertiary/aromatic N) is 2. The molecule has 0 aromatic carbocycles. The molecular formula is C21H37FN2O3. The Bertz CT molecular complexity index is 472. The van der Waals surface area contributed by atoms with Crippen LogP contribution < -0.4 is 0 Å². The van der Waals surface area contributed by atoms with E-state index in [9.17, 15) is 9.50 Å². The molecule has 1 heterocycles. The topological polar surface area (TPSA) is 45.2 Å². The van der Waals surface area contributed by atoms with Gasteiger partial charge in [-0.05, 0) is 31.8 Å². The van der Waals surface area contributed by atoms with E-state index in [1.54, 1.807) is 7.11 Å². The fraction of sp³-hybridized carbons (Fsp3) is 0.810. The van der Waals surface area contributed by atoms with Gasteiger partial charge in [-0.3, -0.25) is 4.90 Å². The molecule has 156 valence electrons. The largest absolute Gasteiger partial charge is 0.499 e. The average Bonchev–Trinajstić information content (AvgIpc) is 2.69. The van der Waals surface area contributed by atoms with E-state index in [1.807, 2.05) is 13.0 Å². The van der Waals surface area contributed by atoms with Crippen molar-refractivity contribution < 1.29 is 19.0 Å². The number of allylic oxidation sites excluding steroid dienone is 2. The zero-order valence-electron chi connectivity index (χ0n) is 17.0. The molecule has 27 heavy (non-hydrogen) atoms. The predicted molar refractivity (Wildman–Crippen MR) is 106 cm³/mol. The molecule has 2 atom stereocenters. The summed E-state index contributed by atoms with van der Waals surface area (Å²) in [5.74, 6) is 0.858. The number of piperazine rings is 1. The van der Waals surface area contributed by atoms with E-state index in [0.29, 0.717) is 43.7 Å². The van der Waals surface area contributed by atoms with Gasteiger partial charge in [-0.2, -0.15) is 0 Å². The molecule has 2 aliphatic rings. The Morgan fingerprint density at radius 1 is 1.22 bits per heavy atom. The van der Waals surface area contributed by atoms with E-state index in [0.717, 1.165) is 25.9 Å². The average molecular weight is 385 g/mol. The first kappa shape index (κ1) is 22.2. The molecule has 0 radical (unpaired) electrons. The first-order valence-electron chi connectivity index (χ1n) is 10.4. The standard InChI is InChI=1S/C21H37FN2O3/c1-4-27-17(2)16-19(22)20(10-15-26-3)23-11-13-24(14-12-23)21(25)18-8-6-5-7-9-18/h10,18-19,21,25H,2,4-9,11-16H2,1,3H3/b20-10+. The van der Waals surface area contributed by atoms with Gasteiger partial charge in [-0.25, -0.2) is 4.39 Å². The van der Waals surface area contributed by atoms with Crippen LogP contribution in [0.1, 0.15) is 45.4 Å². The van der Waals surface area contributed by atoms with Crippen LogP contribution in [0.2, 0.25) is 0 Å². The Kier molecular flexibility index (Phi) is 9.59. The van der Waals surface area contributed by atoms with E-state index in [4.69, 9.17) is 9.47 Å².